The summed E-state index contributed by atoms with van der Waals surface area (Å²) in [7, 11) is 1.53. The lowest BCUT2D eigenvalue weighted by molar-refractivity contribution is -0.140. The highest BCUT2D eigenvalue weighted by atomic mass is 16.5. The van der Waals surface area contributed by atoms with Crippen LogP contribution in [0.2, 0.25) is 0 Å². The Labute approximate surface area is 209 Å². The van der Waals surface area contributed by atoms with Crippen LogP contribution in [-0.2, 0) is 17.8 Å². The number of rotatable bonds is 6. The van der Waals surface area contributed by atoms with Gasteiger partial charge in [-0.1, -0.05) is 26.8 Å². The number of fused-ring (bicyclic) bond motifs is 1. The maximum absolute atomic E-state index is 13.3. The van der Waals surface area contributed by atoms with Crippen LogP contribution in [0.1, 0.15) is 55.2 Å². The molecule has 0 saturated heterocycles. The normalized spacial score (nSPS) is 14.2. The summed E-state index contributed by atoms with van der Waals surface area (Å²) in [4.78, 5) is 32.4. The standard InChI is InChI=1S/C25H31N7O4/c1-15(14-33)32-22(28-29-30-32)19-7-6-8-21(26-19)27-23(34)18-11-17-13-31(24(35)25(2,3)4)10-9-16(17)12-20(18)36-5/h6-8,11-12,15,33H,9-10,13-14H2,1-5H3,(H,26,27,34)/t15-/m1/s1. The Morgan fingerprint density at radius 3 is 2.69 bits per heavy atom. The zero-order chi connectivity index (χ0) is 26.0. The number of anilines is 1. The van der Waals surface area contributed by atoms with Crippen molar-refractivity contribution >= 4 is 17.6 Å². The minimum atomic E-state index is -0.477. The fourth-order valence-corrected chi connectivity index (χ4v) is 4.13. The highest BCUT2D eigenvalue weighted by Gasteiger charge is 2.30. The van der Waals surface area contributed by atoms with E-state index in [9.17, 15) is 14.7 Å². The number of aromatic nitrogens is 5. The van der Waals surface area contributed by atoms with E-state index in [0.29, 0.717) is 48.2 Å². The third-order valence-electron chi connectivity index (χ3n) is 6.10. The van der Waals surface area contributed by atoms with Gasteiger partial charge in [0, 0.05) is 18.5 Å². The van der Waals surface area contributed by atoms with Crippen molar-refractivity contribution in [3.05, 3.63) is 47.0 Å². The zero-order valence-electron chi connectivity index (χ0n) is 21.1. The van der Waals surface area contributed by atoms with Crippen LogP contribution in [-0.4, -0.2) is 67.3 Å². The number of nitrogens with one attached hydrogen (secondary N) is 1. The summed E-state index contributed by atoms with van der Waals surface area (Å²) in [5.41, 5.74) is 2.31. The maximum Gasteiger partial charge on any atom is 0.260 e. The maximum atomic E-state index is 13.3. The second-order valence-electron chi connectivity index (χ2n) is 9.89. The van der Waals surface area contributed by atoms with E-state index in [1.54, 1.807) is 31.2 Å². The number of hydrogen-bond acceptors (Lipinski definition) is 8. The number of ether oxygens (including phenoxy) is 1. The lowest BCUT2D eigenvalue weighted by Crippen LogP contribution is -2.42. The van der Waals surface area contributed by atoms with Gasteiger partial charge < -0.3 is 20.1 Å². The number of methoxy groups -OCH3 is 1. The summed E-state index contributed by atoms with van der Waals surface area (Å²) < 4.78 is 7.00. The molecule has 2 aromatic heterocycles. The number of benzene rings is 1. The van der Waals surface area contributed by atoms with Crippen LogP contribution in [0.4, 0.5) is 5.82 Å². The van der Waals surface area contributed by atoms with Gasteiger partial charge in [-0.25, -0.2) is 9.67 Å². The number of carbonyl (C=O) groups excluding carboxylic acids is 2. The summed E-state index contributed by atoms with van der Waals surface area (Å²) >= 11 is 0. The molecule has 0 spiro atoms. The summed E-state index contributed by atoms with van der Waals surface area (Å²) in [5.74, 6) is 0.838. The molecule has 0 fully saturated rings. The van der Waals surface area contributed by atoms with E-state index in [-0.39, 0.29) is 24.5 Å². The fraction of sp³-hybridized carbons (Fsp3) is 0.440. The highest BCUT2D eigenvalue weighted by molar-refractivity contribution is 6.06. The summed E-state index contributed by atoms with van der Waals surface area (Å²) in [5, 5.41) is 23.9. The molecule has 1 aliphatic heterocycles. The smallest absolute Gasteiger partial charge is 0.260 e. The SMILES string of the molecule is COc1cc2c(cc1C(=O)Nc1cccc(-c3nnnn3[C@H](C)CO)n1)CN(C(=O)C(C)(C)C)CC2. The Kier molecular flexibility index (Phi) is 7.02. The minimum Gasteiger partial charge on any atom is -0.496 e. The summed E-state index contributed by atoms with van der Waals surface area (Å²) in [6.45, 7) is 8.43. The van der Waals surface area contributed by atoms with Crippen LogP contribution in [0.25, 0.3) is 11.5 Å². The molecule has 11 nitrogen and oxygen atoms in total. The van der Waals surface area contributed by atoms with E-state index < -0.39 is 5.41 Å². The van der Waals surface area contributed by atoms with Crippen molar-refractivity contribution in [1.29, 1.82) is 0 Å². The van der Waals surface area contributed by atoms with Crippen LogP contribution in [0, 0.1) is 5.41 Å². The average Bonchev–Trinajstić information content (AvgIpc) is 3.36. The molecular weight excluding hydrogens is 462 g/mol. The first-order valence-corrected chi connectivity index (χ1v) is 11.8. The number of aliphatic hydroxyl groups excluding tert-OH is 1. The largest absolute Gasteiger partial charge is 0.496 e. The van der Waals surface area contributed by atoms with E-state index in [4.69, 9.17) is 4.74 Å². The second kappa shape index (κ2) is 10.0. The second-order valence-corrected chi connectivity index (χ2v) is 9.89. The van der Waals surface area contributed by atoms with Crippen LogP contribution >= 0.6 is 0 Å². The molecular formula is C25H31N7O4. The van der Waals surface area contributed by atoms with Gasteiger partial charge in [0.25, 0.3) is 5.91 Å². The quantitative estimate of drug-likeness (QED) is 0.535. The zero-order valence-corrected chi connectivity index (χ0v) is 21.1. The van der Waals surface area contributed by atoms with Crippen molar-refractivity contribution < 1.29 is 19.4 Å². The van der Waals surface area contributed by atoms with Crippen LogP contribution in [0.5, 0.6) is 5.75 Å². The van der Waals surface area contributed by atoms with E-state index in [1.165, 1.54) is 11.8 Å². The molecule has 3 aromatic rings. The van der Waals surface area contributed by atoms with Gasteiger partial charge in [-0.2, -0.15) is 0 Å². The number of carbonyl (C=O) groups is 2. The highest BCUT2D eigenvalue weighted by Crippen LogP contribution is 2.30. The predicted octanol–water partition coefficient (Wildman–Crippen LogP) is 2.48. The van der Waals surface area contributed by atoms with Gasteiger partial charge in [0.05, 0.1) is 25.3 Å². The molecule has 36 heavy (non-hydrogen) atoms. The lowest BCUT2D eigenvalue weighted by atomic mass is 9.91. The number of pyridine rings is 1. The first-order valence-electron chi connectivity index (χ1n) is 11.8. The van der Waals surface area contributed by atoms with Crippen molar-refractivity contribution in [3.8, 4) is 17.3 Å². The van der Waals surface area contributed by atoms with E-state index in [2.05, 4.69) is 25.8 Å². The molecule has 4 rings (SSSR count). The molecule has 11 heteroatoms. The van der Waals surface area contributed by atoms with E-state index in [0.717, 1.165) is 11.1 Å². The molecule has 0 aliphatic carbocycles. The third-order valence-corrected chi connectivity index (χ3v) is 6.10. The molecule has 2 amide bonds. The van der Waals surface area contributed by atoms with Gasteiger partial charge in [-0.05, 0) is 59.2 Å². The molecule has 0 bridgehead atoms. The van der Waals surface area contributed by atoms with Gasteiger partial charge in [-0.3, -0.25) is 9.59 Å². The molecule has 1 aliphatic rings. The first kappa shape index (κ1) is 25.2. The summed E-state index contributed by atoms with van der Waals surface area (Å²) in [6.07, 6.45) is 0.694. The van der Waals surface area contributed by atoms with Crippen molar-refractivity contribution in [2.24, 2.45) is 5.41 Å². The summed E-state index contributed by atoms with van der Waals surface area (Å²) in [6, 6.07) is 8.46. The van der Waals surface area contributed by atoms with Crippen molar-refractivity contribution in [1.82, 2.24) is 30.1 Å². The van der Waals surface area contributed by atoms with E-state index >= 15 is 0 Å². The van der Waals surface area contributed by atoms with Crippen LogP contribution < -0.4 is 10.1 Å². The Balaban J connectivity index is 1.59. The van der Waals surface area contributed by atoms with Gasteiger partial charge in [0.15, 0.2) is 0 Å². The Morgan fingerprint density at radius 1 is 1.22 bits per heavy atom. The minimum absolute atomic E-state index is 0.0776. The Hall–Kier alpha value is -3.86. The van der Waals surface area contributed by atoms with E-state index in [1.807, 2.05) is 31.7 Å². The predicted molar refractivity (Wildman–Crippen MR) is 132 cm³/mol. The Bertz CT molecular complexity index is 1280. The molecule has 1 aromatic carbocycles. The molecule has 0 saturated carbocycles. The molecule has 190 valence electrons. The van der Waals surface area contributed by atoms with Crippen molar-refractivity contribution in [2.45, 2.75) is 46.7 Å². The van der Waals surface area contributed by atoms with Crippen molar-refractivity contribution in [3.63, 3.8) is 0 Å². The van der Waals surface area contributed by atoms with Crippen LogP contribution in [0.15, 0.2) is 30.3 Å². The number of tetrazole rings is 1. The third kappa shape index (κ3) is 5.06. The Morgan fingerprint density at radius 2 is 2.00 bits per heavy atom. The topological polar surface area (TPSA) is 135 Å². The number of amides is 2. The molecule has 1 atom stereocenters. The van der Waals surface area contributed by atoms with Crippen molar-refractivity contribution in [2.75, 3.05) is 25.6 Å². The molecule has 0 radical (unpaired) electrons. The molecule has 2 N–H and O–H groups in total. The van der Waals surface area contributed by atoms with Gasteiger partial charge in [0.2, 0.25) is 11.7 Å². The monoisotopic (exact) mass is 493 g/mol. The van der Waals surface area contributed by atoms with Gasteiger partial charge in [-0.15, -0.1) is 5.10 Å². The van der Waals surface area contributed by atoms with Crippen LogP contribution in [0.3, 0.4) is 0 Å². The first-order chi connectivity index (χ1) is 17.1. The average molecular weight is 494 g/mol. The fourth-order valence-electron chi connectivity index (χ4n) is 4.13. The molecule has 0 unspecified atom stereocenters. The number of aliphatic hydroxyl groups is 1. The van der Waals surface area contributed by atoms with Gasteiger partial charge in [0.1, 0.15) is 17.3 Å². The lowest BCUT2D eigenvalue weighted by Gasteiger charge is -2.34. The van der Waals surface area contributed by atoms with Gasteiger partial charge >= 0.3 is 0 Å². The number of hydrogen-bond donors (Lipinski definition) is 2. The molecule has 3 heterocycles. The number of nitrogens with zero attached hydrogens (tertiary/aromatic N) is 6.